The number of cyclic esters (lactones) is 1. The Balaban J connectivity index is 1.54. The highest BCUT2D eigenvalue weighted by Gasteiger charge is 2.54. The van der Waals surface area contributed by atoms with Gasteiger partial charge in [-0.25, -0.2) is 0 Å². The Morgan fingerprint density at radius 2 is 2.00 bits per heavy atom. The predicted molar refractivity (Wildman–Crippen MR) is 136 cm³/mol. The molecule has 0 aromatic heterocycles. The van der Waals surface area contributed by atoms with Gasteiger partial charge in [-0.2, -0.15) is 0 Å². The molecule has 4 rings (SSSR count). The van der Waals surface area contributed by atoms with Gasteiger partial charge in [-0.05, 0) is 55.7 Å². The Labute approximate surface area is 221 Å². The molecule has 3 amide bonds. The molecule has 202 valence electrons. The molecule has 0 spiro atoms. The minimum atomic E-state index is -0.890. The zero-order chi connectivity index (χ0) is 27.1. The first-order valence-electron chi connectivity index (χ1n) is 12.7. The Hall–Kier alpha value is -2.85. The standard InChI is InChI=1S/C26H35ClN4O6/c1-5-36-25-18(12-19(32)37-25)29-23(34)20-13-6-8-15(10-13)31(20)24(35)21(26(2,3)4)30-22(33)14-7-9-17(28)16(27)11-14/h7,9,11,13,15,18,20-21,25H,5-6,8,10,12,28H2,1-4H3,(H,29,34)(H,30,33)/t13-,15?,18?,20?,21?,25?/m0/s1. The van der Waals surface area contributed by atoms with Crippen molar-refractivity contribution in [3.63, 3.8) is 0 Å². The van der Waals surface area contributed by atoms with Gasteiger partial charge in [0.2, 0.25) is 18.1 Å². The highest BCUT2D eigenvalue weighted by atomic mass is 35.5. The average molecular weight is 535 g/mol. The van der Waals surface area contributed by atoms with Crippen molar-refractivity contribution in [2.45, 2.75) is 83.8 Å². The molecule has 1 aromatic rings. The number of amides is 3. The van der Waals surface area contributed by atoms with Crippen molar-refractivity contribution in [2.24, 2.45) is 11.3 Å². The van der Waals surface area contributed by atoms with Crippen LogP contribution in [0.15, 0.2) is 18.2 Å². The number of likely N-dealkylation sites (tertiary alicyclic amines) is 1. The lowest BCUT2D eigenvalue weighted by atomic mass is 9.84. The fraction of sp³-hybridized carbons (Fsp3) is 0.615. The maximum atomic E-state index is 14.0. The van der Waals surface area contributed by atoms with Crippen molar-refractivity contribution >= 4 is 41.0 Å². The number of esters is 1. The second kappa shape index (κ2) is 10.5. The number of halogens is 1. The molecule has 0 radical (unpaired) electrons. The molecule has 11 heteroatoms. The predicted octanol–water partition coefficient (Wildman–Crippen LogP) is 2.24. The van der Waals surface area contributed by atoms with Crippen LogP contribution in [0.3, 0.4) is 0 Å². The third-order valence-electron chi connectivity index (χ3n) is 7.38. The van der Waals surface area contributed by atoms with Crippen LogP contribution >= 0.6 is 11.6 Å². The van der Waals surface area contributed by atoms with Crippen LogP contribution in [-0.2, 0) is 23.9 Å². The highest BCUT2D eigenvalue weighted by molar-refractivity contribution is 6.33. The Kier molecular flexibility index (Phi) is 7.71. The van der Waals surface area contributed by atoms with Gasteiger partial charge in [0.15, 0.2) is 0 Å². The molecule has 2 aliphatic heterocycles. The van der Waals surface area contributed by atoms with Crippen LogP contribution in [0.25, 0.3) is 0 Å². The summed E-state index contributed by atoms with van der Waals surface area (Å²) < 4.78 is 10.6. The van der Waals surface area contributed by atoms with Crippen molar-refractivity contribution in [3.05, 3.63) is 28.8 Å². The van der Waals surface area contributed by atoms with E-state index >= 15 is 0 Å². The third-order valence-corrected chi connectivity index (χ3v) is 7.71. The summed E-state index contributed by atoms with van der Waals surface area (Å²) in [5.74, 6) is -1.54. The van der Waals surface area contributed by atoms with Crippen LogP contribution in [0.5, 0.6) is 0 Å². The second-order valence-electron chi connectivity index (χ2n) is 11.1. The largest absolute Gasteiger partial charge is 0.433 e. The van der Waals surface area contributed by atoms with Crippen LogP contribution in [0.4, 0.5) is 5.69 Å². The summed E-state index contributed by atoms with van der Waals surface area (Å²) in [4.78, 5) is 54.1. The van der Waals surface area contributed by atoms with Gasteiger partial charge in [0.1, 0.15) is 18.1 Å². The normalized spacial score (nSPS) is 27.6. The van der Waals surface area contributed by atoms with Gasteiger partial charge in [-0.3, -0.25) is 19.2 Å². The average Bonchev–Trinajstić information content (AvgIpc) is 3.53. The monoisotopic (exact) mass is 534 g/mol. The van der Waals surface area contributed by atoms with Crippen molar-refractivity contribution in [1.82, 2.24) is 15.5 Å². The number of carbonyl (C=O) groups excluding carboxylic acids is 4. The van der Waals surface area contributed by atoms with Crippen molar-refractivity contribution < 1.29 is 28.7 Å². The van der Waals surface area contributed by atoms with E-state index in [0.717, 1.165) is 19.3 Å². The highest BCUT2D eigenvalue weighted by Crippen LogP contribution is 2.44. The van der Waals surface area contributed by atoms with E-state index in [9.17, 15) is 19.2 Å². The molecule has 1 saturated carbocycles. The molecule has 5 unspecified atom stereocenters. The summed E-state index contributed by atoms with van der Waals surface area (Å²) in [7, 11) is 0. The summed E-state index contributed by atoms with van der Waals surface area (Å²) in [6, 6.07) is 2.25. The third kappa shape index (κ3) is 5.55. The first-order valence-corrected chi connectivity index (χ1v) is 13.1. The van der Waals surface area contributed by atoms with E-state index in [1.54, 1.807) is 17.9 Å². The smallest absolute Gasteiger partial charge is 0.310 e. The van der Waals surface area contributed by atoms with Crippen molar-refractivity contribution in [2.75, 3.05) is 12.3 Å². The Morgan fingerprint density at radius 1 is 1.27 bits per heavy atom. The fourth-order valence-corrected chi connectivity index (χ4v) is 5.74. The molecule has 2 heterocycles. The van der Waals surface area contributed by atoms with Gasteiger partial charge in [0.25, 0.3) is 5.91 Å². The van der Waals surface area contributed by atoms with Gasteiger partial charge >= 0.3 is 5.97 Å². The number of nitrogen functional groups attached to an aromatic ring is 1. The summed E-state index contributed by atoms with van der Waals surface area (Å²) >= 11 is 6.09. The SMILES string of the molecule is CCOC1OC(=O)CC1NC(=O)C1[C@H]2CCC(C2)N1C(=O)C(NC(=O)c1ccc(N)c(Cl)c1)C(C)(C)C. The summed E-state index contributed by atoms with van der Waals surface area (Å²) in [5.41, 5.74) is 5.76. The quantitative estimate of drug-likeness (QED) is 0.360. The van der Waals surface area contributed by atoms with Gasteiger partial charge < -0.3 is 30.7 Å². The molecule has 10 nitrogen and oxygen atoms in total. The number of nitrogens with zero attached hydrogens (tertiary/aromatic N) is 1. The van der Waals surface area contributed by atoms with Gasteiger partial charge in [-0.1, -0.05) is 32.4 Å². The van der Waals surface area contributed by atoms with Crippen molar-refractivity contribution in [3.8, 4) is 0 Å². The number of fused-ring (bicyclic) bond motifs is 2. The molecular weight excluding hydrogens is 500 g/mol. The lowest BCUT2D eigenvalue weighted by Gasteiger charge is -2.40. The molecule has 3 fully saturated rings. The maximum Gasteiger partial charge on any atom is 0.310 e. The van der Waals surface area contributed by atoms with E-state index in [2.05, 4.69) is 10.6 Å². The first-order chi connectivity index (χ1) is 17.4. The van der Waals surface area contributed by atoms with Gasteiger partial charge in [0.05, 0.1) is 17.1 Å². The number of rotatable bonds is 7. The number of hydrogen-bond donors (Lipinski definition) is 3. The van der Waals surface area contributed by atoms with Crippen molar-refractivity contribution in [1.29, 1.82) is 0 Å². The zero-order valence-corrected chi connectivity index (χ0v) is 22.3. The van der Waals surface area contributed by atoms with Crippen LogP contribution in [-0.4, -0.2) is 65.7 Å². The maximum absolute atomic E-state index is 14.0. The molecule has 2 saturated heterocycles. The molecule has 6 atom stereocenters. The number of hydrogen-bond acceptors (Lipinski definition) is 7. The van der Waals surface area contributed by atoms with E-state index in [-0.39, 0.29) is 40.8 Å². The van der Waals surface area contributed by atoms with E-state index in [4.69, 9.17) is 26.8 Å². The number of piperidine rings is 1. The molecule has 37 heavy (non-hydrogen) atoms. The minimum absolute atomic E-state index is 0.00439. The molecule has 2 bridgehead atoms. The number of benzene rings is 1. The second-order valence-corrected chi connectivity index (χ2v) is 11.5. The molecular formula is C26H35ClN4O6. The topological polar surface area (TPSA) is 140 Å². The van der Waals surface area contributed by atoms with Gasteiger partial charge in [0, 0.05) is 18.2 Å². The molecule has 1 aliphatic carbocycles. The number of nitrogens with two attached hydrogens (primary N) is 1. The Morgan fingerprint density at radius 3 is 2.65 bits per heavy atom. The number of anilines is 1. The van der Waals surface area contributed by atoms with Crippen LogP contribution in [0.1, 0.15) is 63.7 Å². The van der Waals surface area contributed by atoms with Crippen LogP contribution in [0.2, 0.25) is 5.02 Å². The molecule has 1 aromatic carbocycles. The van der Waals surface area contributed by atoms with E-state index in [1.165, 1.54) is 12.1 Å². The van der Waals surface area contributed by atoms with E-state index < -0.39 is 41.7 Å². The summed E-state index contributed by atoms with van der Waals surface area (Å²) in [5, 5.41) is 6.02. The van der Waals surface area contributed by atoms with E-state index in [0.29, 0.717) is 12.3 Å². The Bertz CT molecular complexity index is 1090. The van der Waals surface area contributed by atoms with Crippen LogP contribution < -0.4 is 16.4 Å². The number of ether oxygens (including phenoxy) is 2. The molecule has 3 aliphatic rings. The number of nitrogens with one attached hydrogen (secondary N) is 2. The lowest BCUT2D eigenvalue weighted by molar-refractivity contribution is -0.165. The van der Waals surface area contributed by atoms with E-state index in [1.807, 2.05) is 20.8 Å². The zero-order valence-electron chi connectivity index (χ0n) is 21.6. The summed E-state index contributed by atoms with van der Waals surface area (Å²) in [6.45, 7) is 7.70. The minimum Gasteiger partial charge on any atom is -0.433 e. The summed E-state index contributed by atoms with van der Waals surface area (Å²) in [6.07, 6.45) is 1.51. The number of carbonyl (C=O) groups is 4. The first kappa shape index (κ1) is 27.2. The lowest BCUT2D eigenvalue weighted by Crippen LogP contribution is -2.62. The molecule has 4 N–H and O–H groups in total. The van der Waals surface area contributed by atoms with Crippen LogP contribution in [0, 0.1) is 11.3 Å². The van der Waals surface area contributed by atoms with Gasteiger partial charge in [-0.15, -0.1) is 0 Å². The fourth-order valence-electron chi connectivity index (χ4n) is 5.56.